The summed E-state index contributed by atoms with van der Waals surface area (Å²) in [5.74, 6) is 0. The Hall–Kier alpha value is -0.320. The maximum Gasteiger partial charge on any atom is 0.262 e. The average molecular weight is 342 g/mol. The summed E-state index contributed by atoms with van der Waals surface area (Å²) in [6, 6.07) is 4.82. The molecule has 3 nitrogen and oxygen atoms in total. The number of hydrogen-bond donors (Lipinski definition) is 0. The van der Waals surface area contributed by atoms with Crippen LogP contribution in [0.5, 0.6) is 0 Å². The number of hydrogen-bond acceptors (Lipinski definition) is 3. The van der Waals surface area contributed by atoms with Gasteiger partial charge in [-0.05, 0) is 47.2 Å². The van der Waals surface area contributed by atoms with Crippen LogP contribution in [0.25, 0.3) is 0 Å². The molecule has 0 fully saturated rings. The first-order valence-electron chi connectivity index (χ1n) is 3.51. The topological polar surface area (TPSA) is 57.9 Å². The molecule has 1 aromatic carbocycles. The van der Waals surface area contributed by atoms with Crippen LogP contribution >= 0.6 is 33.3 Å². The van der Waals surface area contributed by atoms with E-state index in [-0.39, 0.29) is 4.90 Å². The van der Waals surface area contributed by atoms with Crippen LogP contribution in [0.1, 0.15) is 11.1 Å². The lowest BCUT2D eigenvalue weighted by molar-refractivity contribution is 0.609. The molecule has 0 unspecified atom stereocenters. The lowest BCUT2D eigenvalue weighted by atomic mass is 10.1. The molecule has 0 N–H and O–H groups in total. The van der Waals surface area contributed by atoms with Crippen molar-refractivity contribution < 1.29 is 8.42 Å². The van der Waals surface area contributed by atoms with Gasteiger partial charge in [0, 0.05) is 14.3 Å². The smallest absolute Gasteiger partial charge is 0.207 e. The van der Waals surface area contributed by atoms with E-state index in [1.807, 2.05) is 28.7 Å². The van der Waals surface area contributed by atoms with Crippen molar-refractivity contribution in [3.05, 3.63) is 26.8 Å². The number of benzene rings is 1. The standard InChI is InChI=1S/C8H5ClINO2S/c1-5-2-7(10)8(14(9,12)13)3-6(5)4-11/h2-3H,1H3. The Bertz CT molecular complexity index is 519. The summed E-state index contributed by atoms with van der Waals surface area (Å²) in [6.45, 7) is 1.74. The van der Waals surface area contributed by atoms with Gasteiger partial charge in [0.2, 0.25) is 0 Å². The van der Waals surface area contributed by atoms with E-state index < -0.39 is 9.05 Å². The summed E-state index contributed by atoms with van der Waals surface area (Å²) in [4.78, 5) is -0.0121. The van der Waals surface area contributed by atoms with E-state index in [1.165, 1.54) is 6.07 Å². The molecule has 0 aliphatic carbocycles. The van der Waals surface area contributed by atoms with E-state index in [0.717, 1.165) is 5.56 Å². The van der Waals surface area contributed by atoms with Crippen molar-refractivity contribution in [2.24, 2.45) is 0 Å². The van der Waals surface area contributed by atoms with E-state index in [0.29, 0.717) is 9.13 Å². The van der Waals surface area contributed by atoms with Crippen molar-refractivity contribution in [1.82, 2.24) is 0 Å². The molecule has 0 heterocycles. The Balaban J connectivity index is 3.58. The lowest BCUT2D eigenvalue weighted by Crippen LogP contribution is -1.97. The molecule has 0 aromatic heterocycles. The fourth-order valence-corrected chi connectivity index (χ4v) is 3.78. The molecule has 74 valence electrons. The third kappa shape index (κ3) is 2.38. The molecule has 6 heteroatoms. The monoisotopic (exact) mass is 341 g/mol. The molecule has 14 heavy (non-hydrogen) atoms. The van der Waals surface area contributed by atoms with E-state index in [9.17, 15) is 8.42 Å². The minimum atomic E-state index is -3.77. The summed E-state index contributed by atoms with van der Waals surface area (Å²) in [6.07, 6.45) is 0. The van der Waals surface area contributed by atoms with Crippen LogP contribution in [0.4, 0.5) is 0 Å². The highest BCUT2D eigenvalue weighted by molar-refractivity contribution is 14.1. The molecule has 1 rings (SSSR count). The van der Waals surface area contributed by atoms with Gasteiger partial charge < -0.3 is 0 Å². The van der Waals surface area contributed by atoms with E-state index in [1.54, 1.807) is 13.0 Å². The molecule has 0 saturated heterocycles. The van der Waals surface area contributed by atoms with Crippen LogP contribution in [-0.2, 0) is 9.05 Å². The number of aryl methyl sites for hydroxylation is 1. The van der Waals surface area contributed by atoms with Gasteiger partial charge in [0.15, 0.2) is 0 Å². The Morgan fingerprint density at radius 3 is 2.50 bits per heavy atom. The quantitative estimate of drug-likeness (QED) is 0.582. The zero-order valence-corrected chi connectivity index (χ0v) is 10.8. The zero-order valence-electron chi connectivity index (χ0n) is 7.08. The van der Waals surface area contributed by atoms with E-state index in [2.05, 4.69) is 0 Å². The summed E-state index contributed by atoms with van der Waals surface area (Å²) >= 11 is 1.87. The minimum Gasteiger partial charge on any atom is -0.207 e. The van der Waals surface area contributed by atoms with Crippen molar-refractivity contribution in [1.29, 1.82) is 5.26 Å². The van der Waals surface area contributed by atoms with E-state index in [4.69, 9.17) is 15.9 Å². The van der Waals surface area contributed by atoms with Crippen LogP contribution in [0.2, 0.25) is 0 Å². The fourth-order valence-electron chi connectivity index (χ4n) is 0.960. The summed E-state index contributed by atoms with van der Waals surface area (Å²) in [5.41, 5.74) is 1.06. The fraction of sp³-hybridized carbons (Fsp3) is 0.125. The van der Waals surface area contributed by atoms with Crippen molar-refractivity contribution in [3.8, 4) is 6.07 Å². The van der Waals surface area contributed by atoms with Gasteiger partial charge >= 0.3 is 0 Å². The average Bonchev–Trinajstić information content (AvgIpc) is 2.02. The van der Waals surface area contributed by atoms with Crippen molar-refractivity contribution >= 4 is 42.3 Å². The third-order valence-corrected chi connectivity index (χ3v) is 4.28. The minimum absolute atomic E-state index is 0.0121. The first-order chi connectivity index (χ1) is 6.36. The second kappa shape index (κ2) is 4.04. The second-order valence-electron chi connectivity index (χ2n) is 2.65. The van der Waals surface area contributed by atoms with Crippen molar-refractivity contribution in [2.75, 3.05) is 0 Å². The number of nitriles is 1. The predicted octanol–water partition coefficient (Wildman–Crippen LogP) is 2.40. The molecule has 1 aromatic rings. The van der Waals surface area contributed by atoms with Crippen LogP contribution in [0.3, 0.4) is 0 Å². The Labute approximate surface area is 100 Å². The Morgan fingerprint density at radius 2 is 2.07 bits per heavy atom. The molecule has 0 radical (unpaired) electrons. The maximum atomic E-state index is 11.1. The highest BCUT2D eigenvalue weighted by Gasteiger charge is 2.16. The Kier molecular flexibility index (Phi) is 3.40. The molecule has 0 atom stereocenters. The first kappa shape index (κ1) is 11.8. The van der Waals surface area contributed by atoms with Gasteiger partial charge in [-0.15, -0.1) is 0 Å². The van der Waals surface area contributed by atoms with Crippen LogP contribution in [0.15, 0.2) is 17.0 Å². The second-order valence-corrected chi connectivity index (χ2v) is 6.34. The van der Waals surface area contributed by atoms with Crippen molar-refractivity contribution in [2.45, 2.75) is 11.8 Å². The molecule has 0 aliphatic rings. The largest absolute Gasteiger partial charge is 0.262 e. The number of nitrogens with zero attached hydrogens (tertiary/aromatic N) is 1. The maximum absolute atomic E-state index is 11.1. The van der Waals surface area contributed by atoms with Crippen LogP contribution in [0, 0.1) is 21.8 Å². The van der Waals surface area contributed by atoms with Gasteiger partial charge in [-0.2, -0.15) is 5.26 Å². The van der Waals surface area contributed by atoms with Gasteiger partial charge in [-0.25, -0.2) is 8.42 Å². The molecule has 0 saturated carbocycles. The summed E-state index contributed by atoms with van der Waals surface area (Å²) in [5, 5.41) is 8.71. The Morgan fingerprint density at radius 1 is 1.50 bits per heavy atom. The summed E-state index contributed by atoms with van der Waals surface area (Å²) in [7, 11) is 1.43. The molecular formula is C8H5ClINO2S. The number of rotatable bonds is 1. The van der Waals surface area contributed by atoms with Gasteiger partial charge in [-0.3, -0.25) is 0 Å². The highest BCUT2D eigenvalue weighted by Crippen LogP contribution is 2.24. The molecule has 0 spiro atoms. The van der Waals surface area contributed by atoms with Gasteiger partial charge in [-0.1, -0.05) is 0 Å². The molecule has 0 amide bonds. The molecule has 0 aliphatic heterocycles. The normalized spacial score (nSPS) is 11.0. The van der Waals surface area contributed by atoms with Crippen LogP contribution < -0.4 is 0 Å². The predicted molar refractivity (Wildman–Crippen MR) is 61.6 cm³/mol. The third-order valence-electron chi connectivity index (χ3n) is 1.66. The van der Waals surface area contributed by atoms with Crippen molar-refractivity contribution in [3.63, 3.8) is 0 Å². The van der Waals surface area contributed by atoms with Crippen LogP contribution in [-0.4, -0.2) is 8.42 Å². The number of halogens is 2. The SMILES string of the molecule is Cc1cc(I)c(S(=O)(=O)Cl)cc1C#N. The lowest BCUT2D eigenvalue weighted by Gasteiger charge is -2.03. The highest BCUT2D eigenvalue weighted by atomic mass is 127. The van der Waals surface area contributed by atoms with Gasteiger partial charge in [0.25, 0.3) is 9.05 Å². The zero-order chi connectivity index (χ0) is 10.9. The van der Waals surface area contributed by atoms with Gasteiger partial charge in [0.1, 0.15) is 0 Å². The summed E-state index contributed by atoms with van der Waals surface area (Å²) < 4.78 is 22.7. The molecule has 0 bridgehead atoms. The van der Waals surface area contributed by atoms with E-state index >= 15 is 0 Å². The van der Waals surface area contributed by atoms with Gasteiger partial charge in [0.05, 0.1) is 16.5 Å². The first-order valence-corrected chi connectivity index (χ1v) is 6.90. The molecular weight excluding hydrogens is 337 g/mol.